The molecule has 0 radical (unpaired) electrons. The number of ether oxygens (including phenoxy) is 1. The van der Waals surface area contributed by atoms with Crippen LogP contribution in [0.5, 0.6) is 0 Å². The van der Waals surface area contributed by atoms with E-state index in [1.54, 1.807) is 6.33 Å². The molecule has 2 atom stereocenters. The largest absolute Gasteiger partial charge is 0.366 e. The van der Waals surface area contributed by atoms with Crippen LogP contribution in [0.3, 0.4) is 0 Å². The molecular weight excluding hydrogens is 316 g/mol. The van der Waals surface area contributed by atoms with Crippen molar-refractivity contribution in [1.29, 1.82) is 0 Å². The van der Waals surface area contributed by atoms with E-state index in [1.807, 2.05) is 27.7 Å². The second-order valence-corrected chi connectivity index (χ2v) is 6.84. The summed E-state index contributed by atoms with van der Waals surface area (Å²) in [6, 6.07) is 10.2. The lowest BCUT2D eigenvalue weighted by Crippen LogP contribution is -2.45. The van der Waals surface area contributed by atoms with Crippen LogP contribution < -0.4 is 0 Å². The minimum atomic E-state index is -0.198. The fourth-order valence-electron chi connectivity index (χ4n) is 3.67. The summed E-state index contributed by atoms with van der Waals surface area (Å²) in [6.07, 6.45) is 3.80. The zero-order chi connectivity index (χ0) is 17.2. The van der Waals surface area contributed by atoms with Crippen molar-refractivity contribution in [3.63, 3.8) is 0 Å². The summed E-state index contributed by atoms with van der Waals surface area (Å²) in [5.41, 5.74) is 1.13. The number of nitrogens with zero attached hydrogens (tertiary/aromatic N) is 4. The molecule has 25 heavy (non-hydrogen) atoms. The lowest BCUT2D eigenvalue weighted by molar-refractivity contribution is -0.141. The first-order chi connectivity index (χ1) is 12.3. The van der Waals surface area contributed by atoms with Crippen molar-refractivity contribution in [1.82, 2.24) is 19.7 Å². The van der Waals surface area contributed by atoms with E-state index < -0.39 is 0 Å². The van der Waals surface area contributed by atoms with E-state index in [2.05, 4.69) is 29.3 Å². The molecule has 1 saturated carbocycles. The molecule has 1 aliphatic carbocycles. The summed E-state index contributed by atoms with van der Waals surface area (Å²) >= 11 is 0. The van der Waals surface area contributed by atoms with E-state index in [0.717, 1.165) is 30.8 Å². The maximum Gasteiger partial charge on any atom is 0.230 e. The van der Waals surface area contributed by atoms with Gasteiger partial charge in [0.15, 0.2) is 5.82 Å². The van der Waals surface area contributed by atoms with Gasteiger partial charge in [0.2, 0.25) is 5.91 Å². The van der Waals surface area contributed by atoms with E-state index in [1.165, 1.54) is 0 Å². The van der Waals surface area contributed by atoms with Crippen LogP contribution in [0.4, 0.5) is 0 Å². The van der Waals surface area contributed by atoms with E-state index >= 15 is 0 Å². The molecule has 2 heterocycles. The predicted molar refractivity (Wildman–Crippen MR) is 92.9 cm³/mol. The summed E-state index contributed by atoms with van der Waals surface area (Å²) in [7, 11) is 0. The molecule has 1 saturated heterocycles. The van der Waals surface area contributed by atoms with Gasteiger partial charge in [-0.05, 0) is 31.2 Å². The van der Waals surface area contributed by atoms with Crippen molar-refractivity contribution in [3.8, 4) is 0 Å². The number of benzene rings is 1. The molecule has 2 fully saturated rings. The molecule has 6 nitrogen and oxygen atoms in total. The average Bonchev–Trinajstić information content (AvgIpc) is 3.37. The van der Waals surface area contributed by atoms with Gasteiger partial charge in [-0.3, -0.25) is 4.79 Å². The highest BCUT2D eigenvalue weighted by Crippen LogP contribution is 2.44. The number of hydrogen-bond donors (Lipinski definition) is 0. The second-order valence-electron chi connectivity index (χ2n) is 6.84. The molecule has 4 rings (SSSR count). The van der Waals surface area contributed by atoms with Gasteiger partial charge in [-0.2, -0.15) is 0 Å². The SMILES string of the molecule is CCn1cnnc1[C@@H]1CN(C(=O)[C@@H](c2ccccc2)C2CC2)CCO1. The quantitative estimate of drug-likeness (QED) is 0.838. The van der Waals surface area contributed by atoms with Gasteiger partial charge in [0.05, 0.1) is 19.1 Å². The van der Waals surface area contributed by atoms with E-state index in [4.69, 9.17) is 4.74 Å². The lowest BCUT2D eigenvalue weighted by Gasteiger charge is -2.35. The molecule has 1 amide bonds. The highest BCUT2D eigenvalue weighted by Gasteiger charge is 2.40. The second kappa shape index (κ2) is 6.96. The van der Waals surface area contributed by atoms with Crippen LogP contribution in [0.15, 0.2) is 36.7 Å². The van der Waals surface area contributed by atoms with Crippen LogP contribution in [-0.4, -0.2) is 45.3 Å². The van der Waals surface area contributed by atoms with Crippen molar-refractivity contribution >= 4 is 5.91 Å². The van der Waals surface area contributed by atoms with Crippen molar-refractivity contribution < 1.29 is 9.53 Å². The van der Waals surface area contributed by atoms with Crippen molar-refractivity contribution in [2.45, 2.75) is 38.3 Å². The molecule has 0 spiro atoms. The monoisotopic (exact) mass is 340 g/mol. The fraction of sp³-hybridized carbons (Fsp3) is 0.526. The summed E-state index contributed by atoms with van der Waals surface area (Å²) in [5.74, 6) is 1.49. The number of aromatic nitrogens is 3. The van der Waals surface area contributed by atoms with Crippen LogP contribution in [0.25, 0.3) is 0 Å². The Morgan fingerprint density at radius 1 is 1.32 bits per heavy atom. The number of carbonyl (C=O) groups is 1. The molecule has 1 aromatic carbocycles. The zero-order valence-electron chi connectivity index (χ0n) is 14.5. The van der Waals surface area contributed by atoms with Gasteiger partial charge in [-0.1, -0.05) is 30.3 Å². The molecule has 2 aliphatic rings. The van der Waals surface area contributed by atoms with Crippen LogP contribution in [0, 0.1) is 5.92 Å². The first-order valence-corrected chi connectivity index (χ1v) is 9.11. The van der Waals surface area contributed by atoms with Gasteiger partial charge in [0.25, 0.3) is 0 Å². The maximum absolute atomic E-state index is 13.3. The third kappa shape index (κ3) is 3.31. The van der Waals surface area contributed by atoms with Gasteiger partial charge < -0.3 is 14.2 Å². The van der Waals surface area contributed by atoms with Crippen molar-refractivity contribution in [2.75, 3.05) is 19.7 Å². The number of rotatable bonds is 5. The Labute approximate surface area is 147 Å². The van der Waals surface area contributed by atoms with E-state index in [9.17, 15) is 4.79 Å². The van der Waals surface area contributed by atoms with Crippen LogP contribution in [0.2, 0.25) is 0 Å². The number of carbonyl (C=O) groups excluding carboxylic acids is 1. The molecular formula is C19H24N4O2. The van der Waals surface area contributed by atoms with Gasteiger partial charge in [-0.15, -0.1) is 10.2 Å². The summed E-state index contributed by atoms with van der Waals surface area (Å²) in [4.78, 5) is 15.2. The molecule has 0 N–H and O–H groups in total. The van der Waals surface area contributed by atoms with Gasteiger partial charge in [0.1, 0.15) is 12.4 Å². The average molecular weight is 340 g/mol. The Bertz CT molecular complexity index is 726. The standard InChI is InChI=1S/C19H24N4O2/c1-2-22-13-20-21-18(22)16-12-23(10-11-25-16)19(24)17(15-8-9-15)14-6-4-3-5-7-14/h3-7,13,15-17H,2,8-12H2,1H3/t16-,17-/m0/s1. The fourth-order valence-corrected chi connectivity index (χ4v) is 3.67. The topological polar surface area (TPSA) is 60.2 Å². The number of hydrogen-bond acceptors (Lipinski definition) is 4. The highest BCUT2D eigenvalue weighted by molar-refractivity contribution is 5.84. The Kier molecular flexibility index (Phi) is 4.53. The third-order valence-corrected chi connectivity index (χ3v) is 5.17. The van der Waals surface area contributed by atoms with Gasteiger partial charge >= 0.3 is 0 Å². The van der Waals surface area contributed by atoms with Crippen LogP contribution in [0.1, 0.15) is 43.2 Å². The molecule has 0 bridgehead atoms. The third-order valence-electron chi connectivity index (χ3n) is 5.17. The zero-order valence-corrected chi connectivity index (χ0v) is 14.5. The molecule has 132 valence electrons. The molecule has 0 unspecified atom stereocenters. The molecule has 2 aromatic rings. The Morgan fingerprint density at radius 2 is 2.12 bits per heavy atom. The highest BCUT2D eigenvalue weighted by atomic mass is 16.5. The minimum Gasteiger partial charge on any atom is -0.366 e. The Balaban J connectivity index is 1.53. The summed E-state index contributed by atoms with van der Waals surface area (Å²) < 4.78 is 7.87. The lowest BCUT2D eigenvalue weighted by atomic mass is 9.92. The summed E-state index contributed by atoms with van der Waals surface area (Å²) in [5, 5.41) is 8.19. The molecule has 1 aromatic heterocycles. The smallest absolute Gasteiger partial charge is 0.230 e. The predicted octanol–water partition coefficient (Wildman–Crippen LogP) is 2.39. The summed E-state index contributed by atoms with van der Waals surface area (Å²) in [6.45, 7) is 4.58. The van der Waals surface area contributed by atoms with E-state index in [0.29, 0.717) is 25.6 Å². The van der Waals surface area contributed by atoms with Crippen LogP contribution >= 0.6 is 0 Å². The van der Waals surface area contributed by atoms with Crippen LogP contribution in [-0.2, 0) is 16.1 Å². The number of aryl methyl sites for hydroxylation is 1. The number of amides is 1. The van der Waals surface area contributed by atoms with Crippen molar-refractivity contribution in [2.24, 2.45) is 5.92 Å². The molecule has 1 aliphatic heterocycles. The van der Waals surface area contributed by atoms with Gasteiger partial charge in [-0.25, -0.2) is 0 Å². The van der Waals surface area contributed by atoms with Crippen molar-refractivity contribution in [3.05, 3.63) is 48.0 Å². The Morgan fingerprint density at radius 3 is 2.84 bits per heavy atom. The molecule has 6 heteroatoms. The first-order valence-electron chi connectivity index (χ1n) is 9.11. The Hall–Kier alpha value is -2.21. The normalized spacial score (nSPS) is 22.0. The maximum atomic E-state index is 13.3. The first kappa shape index (κ1) is 16.3. The van der Waals surface area contributed by atoms with E-state index in [-0.39, 0.29) is 17.9 Å². The minimum absolute atomic E-state index is 0.0241. The number of morpholine rings is 1. The van der Waals surface area contributed by atoms with Gasteiger partial charge in [0, 0.05) is 13.1 Å².